The van der Waals surface area contributed by atoms with Gasteiger partial charge < -0.3 is 15.0 Å². The van der Waals surface area contributed by atoms with E-state index in [1.54, 1.807) is 25.1 Å². The zero-order chi connectivity index (χ0) is 21.2. The molecule has 0 aliphatic heterocycles. The van der Waals surface area contributed by atoms with Crippen LogP contribution < -0.4 is 15.0 Å². The second kappa shape index (κ2) is 8.39. The predicted octanol–water partition coefficient (Wildman–Crippen LogP) is 4.73. The summed E-state index contributed by atoms with van der Waals surface area (Å²) >= 11 is 6.12. The normalized spacial score (nSPS) is 12.4. The lowest BCUT2D eigenvalue weighted by Gasteiger charge is -2.18. The Morgan fingerprint density at radius 2 is 1.83 bits per heavy atom. The molecule has 10 heteroatoms. The first-order chi connectivity index (χ1) is 13.6. The van der Waals surface area contributed by atoms with Crippen LogP contribution in [-0.2, 0) is 4.57 Å². The van der Waals surface area contributed by atoms with Gasteiger partial charge in [-0.2, -0.15) is 0 Å². The number of pyridine rings is 1. The molecule has 4 N–H and O–H groups in total. The highest BCUT2D eigenvalue weighted by molar-refractivity contribution is 7.46. The highest BCUT2D eigenvalue weighted by Gasteiger charge is 2.17. The monoisotopic (exact) mass is 438 g/mol. The largest absolute Gasteiger partial charge is 0.524 e. The van der Waals surface area contributed by atoms with Gasteiger partial charge in [-0.15, -0.1) is 0 Å². The molecule has 0 aliphatic carbocycles. The Kier molecular flexibility index (Phi) is 6.10. The van der Waals surface area contributed by atoms with Gasteiger partial charge in [-0.3, -0.25) is 9.79 Å². The Morgan fingerprint density at radius 3 is 2.48 bits per heavy atom. The number of hydrogen-bond donors (Lipinski definition) is 3. The first kappa shape index (κ1) is 21.1. The summed E-state index contributed by atoms with van der Waals surface area (Å²) in [6.45, 7) is 1.71. The lowest BCUT2D eigenvalue weighted by atomic mass is 10.1. The molecule has 0 bridgehead atoms. The molecule has 29 heavy (non-hydrogen) atoms. The van der Waals surface area contributed by atoms with E-state index in [2.05, 4.69) is 9.51 Å². The van der Waals surface area contributed by atoms with Crippen LogP contribution in [0.15, 0.2) is 54.7 Å². The van der Waals surface area contributed by atoms with Crippen molar-refractivity contribution >= 4 is 25.2 Å². The van der Waals surface area contributed by atoms with Crippen LogP contribution in [0.1, 0.15) is 18.6 Å². The molecular formula is C19H17ClFN2O5P. The van der Waals surface area contributed by atoms with Gasteiger partial charge >= 0.3 is 7.82 Å². The number of phosphoric acid groups is 1. The first-order valence-corrected chi connectivity index (χ1v) is 10.3. The summed E-state index contributed by atoms with van der Waals surface area (Å²) in [5, 5.41) is 0.363. The fourth-order valence-electron chi connectivity index (χ4n) is 2.63. The summed E-state index contributed by atoms with van der Waals surface area (Å²) in [4.78, 5) is 21.8. The maximum absolute atomic E-state index is 13.5. The maximum atomic E-state index is 13.5. The number of benzene rings is 2. The van der Waals surface area contributed by atoms with Gasteiger partial charge in [-0.25, -0.2) is 13.9 Å². The zero-order valence-corrected chi connectivity index (χ0v) is 16.8. The van der Waals surface area contributed by atoms with Crippen molar-refractivity contribution in [2.24, 2.45) is 0 Å². The summed E-state index contributed by atoms with van der Waals surface area (Å²) in [5.74, 6) is 0.0223. The molecule has 2 aromatic carbocycles. The van der Waals surface area contributed by atoms with E-state index in [1.807, 2.05) is 0 Å². The van der Waals surface area contributed by atoms with Crippen LogP contribution in [0.25, 0.3) is 11.1 Å². The minimum absolute atomic E-state index is 0.0244. The molecule has 1 unspecified atom stereocenters. The number of rotatable bonds is 6. The number of nitrogen functional groups attached to an aromatic ring is 1. The van der Waals surface area contributed by atoms with Crippen LogP contribution in [0.3, 0.4) is 0 Å². The molecule has 0 saturated heterocycles. The van der Waals surface area contributed by atoms with Gasteiger partial charge in [-0.05, 0) is 48.9 Å². The highest BCUT2D eigenvalue weighted by atomic mass is 35.5. The van der Waals surface area contributed by atoms with E-state index in [0.717, 1.165) is 0 Å². The molecule has 0 amide bonds. The van der Waals surface area contributed by atoms with E-state index in [9.17, 15) is 8.96 Å². The molecule has 0 radical (unpaired) electrons. The molecule has 3 aromatic rings. The average Bonchev–Trinajstić information content (AvgIpc) is 2.65. The highest BCUT2D eigenvalue weighted by Crippen LogP contribution is 2.38. The van der Waals surface area contributed by atoms with Crippen LogP contribution >= 0.6 is 19.4 Å². The standard InChI is InChI=1S/C19H17ClFN2O5P/c1-11(16-9-14(21)4-7-17(16)20)27-18-8-13(10-23-19(18)22)12-2-5-15(6-3-12)28-29(24,25)26/h2-11H,1H3,(H2,22,23)(H2,24,25,26). The summed E-state index contributed by atoms with van der Waals surface area (Å²) in [6, 6.07) is 11.7. The summed E-state index contributed by atoms with van der Waals surface area (Å²) in [7, 11) is -4.63. The molecule has 1 aromatic heterocycles. The number of ether oxygens (including phenoxy) is 1. The fourth-order valence-corrected chi connectivity index (χ4v) is 3.30. The second-order valence-electron chi connectivity index (χ2n) is 6.14. The molecule has 7 nitrogen and oxygen atoms in total. The quantitative estimate of drug-likeness (QED) is 0.476. The molecule has 152 valence electrons. The zero-order valence-electron chi connectivity index (χ0n) is 15.1. The van der Waals surface area contributed by atoms with Crippen molar-refractivity contribution in [1.82, 2.24) is 4.98 Å². The molecule has 0 aliphatic rings. The third kappa shape index (κ3) is 5.46. The van der Waals surface area contributed by atoms with E-state index in [1.165, 1.54) is 36.5 Å². The van der Waals surface area contributed by atoms with Crippen molar-refractivity contribution in [1.29, 1.82) is 0 Å². The Hall–Kier alpha value is -2.64. The van der Waals surface area contributed by atoms with Crippen LogP contribution in [0.2, 0.25) is 5.02 Å². The van der Waals surface area contributed by atoms with Crippen LogP contribution in [0.5, 0.6) is 11.5 Å². The molecule has 0 fully saturated rings. The van der Waals surface area contributed by atoms with Crippen LogP contribution in [-0.4, -0.2) is 14.8 Å². The van der Waals surface area contributed by atoms with Crippen LogP contribution in [0, 0.1) is 5.82 Å². The lowest BCUT2D eigenvalue weighted by molar-refractivity contribution is 0.227. The maximum Gasteiger partial charge on any atom is 0.524 e. The van der Waals surface area contributed by atoms with Gasteiger partial charge in [0.15, 0.2) is 11.6 Å². The fraction of sp³-hybridized carbons (Fsp3) is 0.105. The number of anilines is 1. The van der Waals surface area contributed by atoms with E-state index in [0.29, 0.717) is 21.7 Å². The van der Waals surface area contributed by atoms with Gasteiger partial charge in [0.25, 0.3) is 0 Å². The summed E-state index contributed by atoms with van der Waals surface area (Å²) in [5.41, 5.74) is 7.71. The lowest BCUT2D eigenvalue weighted by Crippen LogP contribution is -2.07. The third-order valence-electron chi connectivity index (χ3n) is 3.99. The van der Waals surface area contributed by atoms with Crippen molar-refractivity contribution in [2.45, 2.75) is 13.0 Å². The van der Waals surface area contributed by atoms with E-state index >= 15 is 0 Å². The minimum Gasteiger partial charge on any atom is -0.482 e. The van der Waals surface area contributed by atoms with Crippen molar-refractivity contribution in [3.05, 3.63) is 71.1 Å². The summed E-state index contributed by atoms with van der Waals surface area (Å²) < 4.78 is 34.8. The summed E-state index contributed by atoms with van der Waals surface area (Å²) in [6.07, 6.45) is 0.942. The minimum atomic E-state index is -4.63. The first-order valence-electron chi connectivity index (χ1n) is 8.35. The number of aromatic nitrogens is 1. The molecular weight excluding hydrogens is 422 g/mol. The van der Waals surface area contributed by atoms with Crippen molar-refractivity contribution in [3.63, 3.8) is 0 Å². The molecule has 3 rings (SSSR count). The van der Waals surface area contributed by atoms with E-state index in [-0.39, 0.29) is 17.3 Å². The number of nitrogens with two attached hydrogens (primary N) is 1. The van der Waals surface area contributed by atoms with Crippen molar-refractivity contribution in [3.8, 4) is 22.6 Å². The second-order valence-corrected chi connectivity index (χ2v) is 7.71. The number of hydrogen-bond acceptors (Lipinski definition) is 5. The van der Waals surface area contributed by atoms with Gasteiger partial charge in [0.2, 0.25) is 0 Å². The third-order valence-corrected chi connectivity index (χ3v) is 4.79. The molecule has 1 atom stereocenters. The van der Waals surface area contributed by atoms with Gasteiger partial charge in [0, 0.05) is 22.3 Å². The van der Waals surface area contributed by atoms with E-state index in [4.69, 9.17) is 31.9 Å². The van der Waals surface area contributed by atoms with E-state index < -0.39 is 19.7 Å². The Bertz CT molecular complexity index is 1070. The molecule has 1 heterocycles. The van der Waals surface area contributed by atoms with Gasteiger partial charge in [0.05, 0.1) is 0 Å². The number of halogens is 2. The topological polar surface area (TPSA) is 115 Å². The Morgan fingerprint density at radius 1 is 1.14 bits per heavy atom. The van der Waals surface area contributed by atoms with Crippen molar-refractivity contribution < 1.29 is 28.0 Å². The SMILES string of the molecule is CC(Oc1cc(-c2ccc(OP(=O)(O)O)cc2)cnc1N)c1cc(F)ccc1Cl. The van der Waals surface area contributed by atoms with Crippen molar-refractivity contribution in [2.75, 3.05) is 5.73 Å². The van der Waals surface area contributed by atoms with Gasteiger partial charge in [0.1, 0.15) is 17.7 Å². The average molecular weight is 439 g/mol. The smallest absolute Gasteiger partial charge is 0.482 e. The predicted molar refractivity (Wildman–Crippen MR) is 107 cm³/mol. The molecule has 0 spiro atoms. The van der Waals surface area contributed by atoms with Crippen LogP contribution in [0.4, 0.5) is 10.2 Å². The molecule has 0 saturated carbocycles. The Labute approximate surface area is 171 Å². The Balaban J connectivity index is 1.84. The number of phosphoric ester groups is 1. The number of nitrogens with zero attached hydrogens (tertiary/aromatic N) is 1. The van der Waals surface area contributed by atoms with Gasteiger partial charge in [-0.1, -0.05) is 23.7 Å².